The van der Waals surface area contributed by atoms with Gasteiger partial charge in [0, 0.05) is 31.0 Å². The van der Waals surface area contributed by atoms with Crippen LogP contribution in [0, 0.1) is 11.3 Å². The molecular formula is C14H15F3N4. The van der Waals surface area contributed by atoms with E-state index >= 15 is 0 Å². The van der Waals surface area contributed by atoms with E-state index in [1.54, 1.807) is 6.20 Å². The van der Waals surface area contributed by atoms with Gasteiger partial charge in [-0.25, -0.2) is 9.50 Å². The second kappa shape index (κ2) is 4.19. The first kappa shape index (κ1) is 13.1. The first-order valence-corrected chi connectivity index (χ1v) is 7.05. The van der Waals surface area contributed by atoms with Crippen molar-refractivity contribution in [3.05, 3.63) is 29.7 Å². The quantitative estimate of drug-likeness (QED) is 0.924. The Morgan fingerprint density at radius 3 is 2.67 bits per heavy atom. The highest BCUT2D eigenvalue weighted by atomic mass is 19.4. The van der Waals surface area contributed by atoms with E-state index in [1.165, 1.54) is 17.4 Å². The molecule has 1 N–H and O–H groups in total. The van der Waals surface area contributed by atoms with Gasteiger partial charge in [0.2, 0.25) is 0 Å². The molecule has 0 unspecified atom stereocenters. The fourth-order valence-electron chi connectivity index (χ4n) is 3.60. The Morgan fingerprint density at radius 1 is 1.29 bits per heavy atom. The molecule has 0 aromatic carbocycles. The van der Waals surface area contributed by atoms with Crippen LogP contribution in [0.5, 0.6) is 0 Å². The minimum absolute atomic E-state index is 0.504. The molecule has 0 bridgehead atoms. The van der Waals surface area contributed by atoms with E-state index in [-0.39, 0.29) is 0 Å². The van der Waals surface area contributed by atoms with Gasteiger partial charge in [-0.05, 0) is 30.6 Å². The number of halogens is 3. The van der Waals surface area contributed by atoms with Crippen molar-refractivity contribution in [3.63, 3.8) is 0 Å². The molecule has 3 heterocycles. The average molecular weight is 296 g/mol. The fourth-order valence-corrected chi connectivity index (χ4v) is 3.60. The number of hydrogen-bond donors (Lipinski definition) is 1. The number of alkyl halides is 3. The summed E-state index contributed by atoms with van der Waals surface area (Å²) in [6, 6.07) is 0. The van der Waals surface area contributed by atoms with Crippen LogP contribution in [0.4, 0.5) is 13.2 Å². The van der Waals surface area contributed by atoms with Crippen molar-refractivity contribution in [2.24, 2.45) is 11.3 Å². The number of rotatable bonds is 2. The predicted octanol–water partition coefficient (Wildman–Crippen LogP) is 2.29. The Kier molecular flexibility index (Phi) is 2.61. The van der Waals surface area contributed by atoms with Gasteiger partial charge in [0.25, 0.3) is 0 Å². The molecule has 0 atom stereocenters. The van der Waals surface area contributed by atoms with Crippen molar-refractivity contribution in [2.75, 3.05) is 13.1 Å². The molecule has 2 aromatic rings. The van der Waals surface area contributed by atoms with Gasteiger partial charge >= 0.3 is 6.18 Å². The number of nitrogens with one attached hydrogen (secondary N) is 1. The summed E-state index contributed by atoms with van der Waals surface area (Å²) >= 11 is 0. The lowest BCUT2D eigenvalue weighted by Crippen LogP contribution is -2.60. The SMILES string of the molecule is FC(F)(F)c1cnc2c(CC3CC4(CNC4)C3)cnn2c1. The van der Waals surface area contributed by atoms with Gasteiger partial charge in [-0.2, -0.15) is 18.3 Å². The standard InChI is InChI=1S/C14H15F3N4/c15-14(16,17)11-5-19-12-10(4-20-21(12)6-11)1-9-2-13(3-9)7-18-8-13/h4-6,9,18H,1-3,7-8H2. The van der Waals surface area contributed by atoms with Crippen molar-refractivity contribution in [2.45, 2.75) is 25.4 Å². The maximum Gasteiger partial charge on any atom is 0.419 e. The Morgan fingerprint density at radius 2 is 2.05 bits per heavy atom. The van der Waals surface area contributed by atoms with Crippen LogP contribution in [-0.4, -0.2) is 27.7 Å². The van der Waals surface area contributed by atoms with E-state index in [0.29, 0.717) is 17.0 Å². The van der Waals surface area contributed by atoms with Crippen LogP contribution in [0.2, 0.25) is 0 Å². The Hall–Kier alpha value is -1.63. The van der Waals surface area contributed by atoms with Crippen LogP contribution >= 0.6 is 0 Å². The average Bonchev–Trinajstić information content (AvgIpc) is 2.72. The summed E-state index contributed by atoms with van der Waals surface area (Å²) < 4.78 is 39.2. The molecule has 2 aliphatic rings. The largest absolute Gasteiger partial charge is 0.419 e. The van der Waals surface area contributed by atoms with E-state index in [2.05, 4.69) is 15.4 Å². The zero-order valence-corrected chi connectivity index (χ0v) is 11.3. The topological polar surface area (TPSA) is 42.2 Å². The molecular weight excluding hydrogens is 281 g/mol. The lowest BCUT2D eigenvalue weighted by Gasteiger charge is -2.54. The van der Waals surface area contributed by atoms with Crippen LogP contribution in [0.15, 0.2) is 18.6 Å². The van der Waals surface area contributed by atoms with E-state index in [9.17, 15) is 13.2 Å². The second-order valence-corrected chi connectivity index (χ2v) is 6.36. The van der Waals surface area contributed by atoms with Gasteiger partial charge in [0.05, 0.1) is 11.8 Å². The molecule has 7 heteroatoms. The van der Waals surface area contributed by atoms with Crippen molar-refractivity contribution in [1.82, 2.24) is 19.9 Å². The molecule has 1 aliphatic heterocycles. The minimum Gasteiger partial charge on any atom is -0.316 e. The minimum atomic E-state index is -4.38. The third-order valence-electron chi connectivity index (χ3n) is 4.71. The fraction of sp³-hybridized carbons (Fsp3) is 0.571. The molecule has 0 radical (unpaired) electrons. The van der Waals surface area contributed by atoms with Gasteiger partial charge in [-0.15, -0.1) is 0 Å². The Labute approximate surface area is 119 Å². The van der Waals surface area contributed by atoms with E-state index in [4.69, 9.17) is 0 Å². The van der Waals surface area contributed by atoms with Gasteiger partial charge in [-0.1, -0.05) is 0 Å². The van der Waals surface area contributed by atoms with Crippen molar-refractivity contribution < 1.29 is 13.2 Å². The lowest BCUT2D eigenvalue weighted by molar-refractivity contribution is -0.138. The summed E-state index contributed by atoms with van der Waals surface area (Å²) in [7, 11) is 0. The summed E-state index contributed by atoms with van der Waals surface area (Å²) in [6.45, 7) is 2.21. The van der Waals surface area contributed by atoms with Crippen molar-refractivity contribution in [1.29, 1.82) is 0 Å². The molecule has 4 nitrogen and oxygen atoms in total. The predicted molar refractivity (Wildman–Crippen MR) is 69.7 cm³/mol. The summed E-state index contributed by atoms with van der Waals surface area (Å²) in [5.74, 6) is 0.601. The number of fused-ring (bicyclic) bond motifs is 1. The molecule has 21 heavy (non-hydrogen) atoms. The van der Waals surface area contributed by atoms with Crippen molar-refractivity contribution >= 4 is 5.65 Å². The van der Waals surface area contributed by atoms with Crippen molar-refractivity contribution in [3.8, 4) is 0 Å². The lowest BCUT2D eigenvalue weighted by atomic mass is 9.57. The number of hydrogen-bond acceptors (Lipinski definition) is 3. The molecule has 1 spiro atoms. The third-order valence-corrected chi connectivity index (χ3v) is 4.71. The molecule has 0 amide bonds. The highest BCUT2D eigenvalue weighted by Gasteiger charge is 2.48. The van der Waals surface area contributed by atoms with E-state index in [0.717, 1.165) is 37.5 Å². The molecule has 112 valence electrons. The monoisotopic (exact) mass is 296 g/mol. The summed E-state index contributed by atoms with van der Waals surface area (Å²) in [4.78, 5) is 3.96. The van der Waals surface area contributed by atoms with Gasteiger partial charge in [0.15, 0.2) is 5.65 Å². The first-order valence-electron chi connectivity index (χ1n) is 7.05. The molecule has 4 rings (SSSR count). The summed E-state index contributed by atoms with van der Waals surface area (Å²) in [5.41, 5.74) is 1.21. The van der Waals surface area contributed by atoms with Gasteiger partial charge in [-0.3, -0.25) is 0 Å². The maximum atomic E-state index is 12.6. The summed E-state index contributed by atoms with van der Waals surface area (Å²) in [5, 5.41) is 7.31. The second-order valence-electron chi connectivity index (χ2n) is 6.36. The molecule has 1 aliphatic carbocycles. The van der Waals surface area contributed by atoms with Gasteiger partial charge < -0.3 is 5.32 Å². The number of aromatic nitrogens is 3. The zero-order chi connectivity index (χ0) is 14.7. The first-order chi connectivity index (χ1) is 9.95. The normalized spacial score (nSPS) is 21.5. The molecule has 1 saturated heterocycles. The zero-order valence-electron chi connectivity index (χ0n) is 11.3. The van der Waals surface area contributed by atoms with E-state index < -0.39 is 11.7 Å². The highest BCUT2D eigenvalue weighted by Crippen LogP contribution is 2.49. The van der Waals surface area contributed by atoms with Crippen LogP contribution in [0.3, 0.4) is 0 Å². The van der Waals surface area contributed by atoms with Crippen LogP contribution in [0.25, 0.3) is 5.65 Å². The maximum absolute atomic E-state index is 12.6. The Bertz CT molecular complexity index is 679. The van der Waals surface area contributed by atoms with Crippen LogP contribution in [0.1, 0.15) is 24.0 Å². The molecule has 1 saturated carbocycles. The highest BCUT2D eigenvalue weighted by molar-refractivity contribution is 5.47. The molecule has 2 fully saturated rings. The van der Waals surface area contributed by atoms with Crippen LogP contribution < -0.4 is 5.32 Å². The Balaban J connectivity index is 1.54. The third kappa shape index (κ3) is 2.10. The number of nitrogens with zero attached hydrogens (tertiary/aromatic N) is 3. The molecule has 2 aromatic heterocycles. The van der Waals surface area contributed by atoms with Gasteiger partial charge in [0.1, 0.15) is 0 Å². The van der Waals surface area contributed by atoms with Crippen LogP contribution in [-0.2, 0) is 12.6 Å². The van der Waals surface area contributed by atoms with E-state index in [1.807, 2.05) is 0 Å². The summed E-state index contributed by atoms with van der Waals surface area (Å²) in [6.07, 6.45) is 2.39. The smallest absolute Gasteiger partial charge is 0.316 e.